The van der Waals surface area contributed by atoms with Gasteiger partial charge in [0.15, 0.2) is 0 Å². The Morgan fingerprint density at radius 1 is 1.47 bits per heavy atom. The molecule has 1 amide bonds. The minimum atomic E-state index is -0.163. The van der Waals surface area contributed by atoms with Gasteiger partial charge in [0.25, 0.3) is 0 Å². The topological polar surface area (TPSA) is 61.4 Å². The molecular weight excluding hydrogens is 216 g/mol. The van der Waals surface area contributed by atoms with Gasteiger partial charge in [-0.3, -0.25) is 4.79 Å². The molecule has 0 spiro atoms. The Morgan fingerprint density at radius 2 is 2.29 bits per heavy atom. The SMILES string of the molecule is CC(=O)Nc1c(O)cccc1C1CCCCN1. The van der Waals surface area contributed by atoms with E-state index in [4.69, 9.17) is 0 Å². The number of benzene rings is 1. The summed E-state index contributed by atoms with van der Waals surface area (Å²) in [5, 5.41) is 16.0. The number of hydrogen-bond donors (Lipinski definition) is 3. The van der Waals surface area contributed by atoms with Crippen LogP contribution in [0.4, 0.5) is 5.69 Å². The van der Waals surface area contributed by atoms with E-state index in [0.717, 1.165) is 18.5 Å². The number of phenols is 1. The van der Waals surface area contributed by atoms with Gasteiger partial charge < -0.3 is 15.7 Å². The van der Waals surface area contributed by atoms with Crippen LogP contribution in [-0.4, -0.2) is 17.6 Å². The van der Waals surface area contributed by atoms with Gasteiger partial charge in [0.05, 0.1) is 5.69 Å². The summed E-state index contributed by atoms with van der Waals surface area (Å²) < 4.78 is 0. The third-order valence-corrected chi connectivity index (χ3v) is 3.06. The van der Waals surface area contributed by atoms with Gasteiger partial charge in [0, 0.05) is 13.0 Å². The molecule has 17 heavy (non-hydrogen) atoms. The number of phenolic OH excluding ortho intramolecular Hbond substituents is 1. The van der Waals surface area contributed by atoms with Crippen LogP contribution >= 0.6 is 0 Å². The number of carbonyl (C=O) groups is 1. The number of hydrogen-bond acceptors (Lipinski definition) is 3. The molecule has 2 rings (SSSR count). The van der Waals surface area contributed by atoms with Crippen LogP contribution in [-0.2, 0) is 4.79 Å². The van der Waals surface area contributed by atoms with Crippen LogP contribution in [0.5, 0.6) is 5.75 Å². The van der Waals surface area contributed by atoms with Crippen molar-refractivity contribution >= 4 is 11.6 Å². The van der Waals surface area contributed by atoms with Crippen LogP contribution < -0.4 is 10.6 Å². The van der Waals surface area contributed by atoms with Crippen molar-refractivity contribution in [2.75, 3.05) is 11.9 Å². The van der Waals surface area contributed by atoms with Crippen molar-refractivity contribution in [1.29, 1.82) is 0 Å². The van der Waals surface area contributed by atoms with Gasteiger partial charge in [-0.2, -0.15) is 0 Å². The van der Waals surface area contributed by atoms with Gasteiger partial charge in [-0.25, -0.2) is 0 Å². The van der Waals surface area contributed by atoms with E-state index in [1.165, 1.54) is 19.8 Å². The van der Waals surface area contributed by atoms with Crippen molar-refractivity contribution in [3.05, 3.63) is 23.8 Å². The first kappa shape index (κ1) is 11.9. The first-order chi connectivity index (χ1) is 8.18. The Kier molecular flexibility index (Phi) is 3.64. The minimum Gasteiger partial charge on any atom is -0.506 e. The normalized spacial score (nSPS) is 19.9. The number of para-hydroxylation sites is 1. The van der Waals surface area contributed by atoms with Crippen molar-refractivity contribution in [3.63, 3.8) is 0 Å². The third kappa shape index (κ3) is 2.77. The van der Waals surface area contributed by atoms with Gasteiger partial charge in [0.1, 0.15) is 5.75 Å². The van der Waals surface area contributed by atoms with Crippen LogP contribution in [0.3, 0.4) is 0 Å². The molecule has 1 saturated heterocycles. The second kappa shape index (κ2) is 5.19. The molecule has 4 nitrogen and oxygen atoms in total. The summed E-state index contributed by atoms with van der Waals surface area (Å²) in [6, 6.07) is 5.58. The largest absolute Gasteiger partial charge is 0.506 e. The molecule has 0 bridgehead atoms. The maximum Gasteiger partial charge on any atom is 0.221 e. The van der Waals surface area contributed by atoms with Crippen LogP contribution in [0.25, 0.3) is 0 Å². The predicted molar refractivity (Wildman–Crippen MR) is 67.0 cm³/mol. The predicted octanol–water partition coefficient (Wildman–Crippen LogP) is 2.17. The van der Waals surface area contributed by atoms with Crippen LogP contribution in [0.15, 0.2) is 18.2 Å². The Hall–Kier alpha value is -1.55. The maximum absolute atomic E-state index is 11.2. The van der Waals surface area contributed by atoms with E-state index in [1.54, 1.807) is 6.07 Å². The zero-order valence-electron chi connectivity index (χ0n) is 9.99. The van der Waals surface area contributed by atoms with Crippen molar-refractivity contribution in [2.24, 2.45) is 0 Å². The van der Waals surface area contributed by atoms with Gasteiger partial charge >= 0.3 is 0 Å². The average molecular weight is 234 g/mol. The number of rotatable bonds is 2. The minimum absolute atomic E-state index is 0.130. The van der Waals surface area contributed by atoms with Gasteiger partial charge in [-0.1, -0.05) is 18.6 Å². The Bertz CT molecular complexity index is 412. The molecule has 0 saturated carbocycles. The summed E-state index contributed by atoms with van der Waals surface area (Å²) in [4.78, 5) is 11.2. The summed E-state index contributed by atoms with van der Waals surface area (Å²) in [7, 11) is 0. The van der Waals surface area contributed by atoms with E-state index < -0.39 is 0 Å². The van der Waals surface area contributed by atoms with E-state index in [9.17, 15) is 9.90 Å². The van der Waals surface area contributed by atoms with Crippen molar-refractivity contribution in [1.82, 2.24) is 5.32 Å². The average Bonchev–Trinajstić information content (AvgIpc) is 2.32. The summed E-state index contributed by atoms with van der Waals surface area (Å²) in [6.45, 7) is 2.43. The highest BCUT2D eigenvalue weighted by Crippen LogP contribution is 2.34. The smallest absolute Gasteiger partial charge is 0.221 e. The van der Waals surface area contributed by atoms with Crippen molar-refractivity contribution in [3.8, 4) is 5.75 Å². The van der Waals surface area contributed by atoms with E-state index in [0.29, 0.717) is 5.69 Å². The Labute approximate surface area is 101 Å². The van der Waals surface area contributed by atoms with Gasteiger partial charge in [-0.05, 0) is 31.0 Å². The molecule has 3 N–H and O–H groups in total. The first-order valence-electron chi connectivity index (χ1n) is 6.01. The lowest BCUT2D eigenvalue weighted by atomic mass is 9.95. The van der Waals surface area contributed by atoms with E-state index in [1.807, 2.05) is 12.1 Å². The molecule has 92 valence electrons. The number of piperidine rings is 1. The highest BCUT2D eigenvalue weighted by atomic mass is 16.3. The number of anilines is 1. The lowest BCUT2D eigenvalue weighted by Crippen LogP contribution is -2.27. The summed E-state index contributed by atoms with van der Waals surface area (Å²) in [5.74, 6) is -0.0337. The molecule has 4 heteroatoms. The summed E-state index contributed by atoms with van der Waals surface area (Å²) in [6.07, 6.45) is 3.40. The fourth-order valence-electron chi connectivity index (χ4n) is 2.28. The van der Waals surface area contributed by atoms with E-state index >= 15 is 0 Å². The number of aromatic hydroxyl groups is 1. The van der Waals surface area contributed by atoms with Crippen LogP contribution in [0.2, 0.25) is 0 Å². The molecule has 1 heterocycles. The highest BCUT2D eigenvalue weighted by molar-refractivity contribution is 5.91. The molecular formula is C13H18N2O2. The van der Waals surface area contributed by atoms with Crippen molar-refractivity contribution < 1.29 is 9.90 Å². The fourth-order valence-corrected chi connectivity index (χ4v) is 2.28. The van der Waals surface area contributed by atoms with Gasteiger partial charge in [0.2, 0.25) is 5.91 Å². The zero-order valence-corrected chi connectivity index (χ0v) is 9.99. The second-order valence-electron chi connectivity index (χ2n) is 4.43. The molecule has 0 radical (unpaired) electrons. The summed E-state index contributed by atoms with van der Waals surface area (Å²) in [5.41, 5.74) is 1.51. The third-order valence-electron chi connectivity index (χ3n) is 3.06. The Morgan fingerprint density at radius 3 is 2.94 bits per heavy atom. The molecule has 1 fully saturated rings. The second-order valence-corrected chi connectivity index (χ2v) is 4.43. The molecule has 0 aromatic heterocycles. The molecule has 1 unspecified atom stereocenters. The molecule has 1 aliphatic heterocycles. The number of nitrogens with one attached hydrogen (secondary N) is 2. The number of carbonyl (C=O) groups excluding carboxylic acids is 1. The lowest BCUT2D eigenvalue weighted by molar-refractivity contribution is -0.114. The van der Waals surface area contributed by atoms with Crippen molar-refractivity contribution in [2.45, 2.75) is 32.2 Å². The van der Waals surface area contributed by atoms with E-state index in [-0.39, 0.29) is 17.7 Å². The molecule has 1 aromatic carbocycles. The Balaban J connectivity index is 2.30. The van der Waals surface area contributed by atoms with Gasteiger partial charge in [-0.15, -0.1) is 0 Å². The lowest BCUT2D eigenvalue weighted by Gasteiger charge is -2.26. The molecule has 1 aromatic rings. The van der Waals surface area contributed by atoms with E-state index in [2.05, 4.69) is 10.6 Å². The standard InChI is InChI=1S/C13H18N2O2/c1-9(16)15-13-10(5-4-7-12(13)17)11-6-2-3-8-14-11/h4-5,7,11,14,17H,2-3,6,8H2,1H3,(H,15,16). The number of amides is 1. The van der Waals surface area contributed by atoms with Crippen LogP contribution in [0, 0.1) is 0 Å². The van der Waals surface area contributed by atoms with Crippen LogP contribution in [0.1, 0.15) is 37.8 Å². The quantitative estimate of drug-likeness (QED) is 0.687. The first-order valence-corrected chi connectivity index (χ1v) is 6.01. The fraction of sp³-hybridized carbons (Fsp3) is 0.462. The summed E-state index contributed by atoms with van der Waals surface area (Å²) >= 11 is 0. The monoisotopic (exact) mass is 234 g/mol. The zero-order chi connectivity index (χ0) is 12.3. The maximum atomic E-state index is 11.2. The molecule has 1 aliphatic rings. The highest BCUT2D eigenvalue weighted by Gasteiger charge is 2.20. The molecule has 0 aliphatic carbocycles. The molecule has 1 atom stereocenters.